The Morgan fingerprint density at radius 3 is 2.55 bits per heavy atom. The van der Waals surface area contributed by atoms with Gasteiger partial charge < -0.3 is 40.2 Å². The number of esters is 1. The molecule has 10 atom stereocenters. The zero-order valence-corrected chi connectivity index (χ0v) is 33.2. The lowest BCUT2D eigenvalue weighted by Gasteiger charge is -2.63. The van der Waals surface area contributed by atoms with Crippen molar-refractivity contribution >= 4 is 28.5 Å². The second-order valence-corrected chi connectivity index (χ2v) is 18.1. The van der Waals surface area contributed by atoms with Crippen molar-refractivity contribution in [1.29, 1.82) is 0 Å². The predicted molar refractivity (Wildman–Crippen MR) is 211 cm³/mol. The highest BCUT2D eigenvalue weighted by Crippen LogP contribution is 2.67. The van der Waals surface area contributed by atoms with E-state index in [1.54, 1.807) is 7.11 Å². The quantitative estimate of drug-likeness (QED) is 0.217. The monoisotopic (exact) mass is 751 g/mol. The number of H-pyrrole nitrogens is 1. The van der Waals surface area contributed by atoms with E-state index < -0.39 is 39.9 Å². The Morgan fingerprint density at radius 1 is 1.05 bits per heavy atom. The number of carbonyl (C=O) groups excluding carboxylic acids is 2. The lowest BCUT2D eigenvalue weighted by molar-refractivity contribution is -0.201. The van der Waals surface area contributed by atoms with E-state index in [2.05, 4.69) is 59.0 Å². The van der Waals surface area contributed by atoms with Gasteiger partial charge in [-0.2, -0.15) is 0 Å². The van der Waals surface area contributed by atoms with Crippen LogP contribution in [0.1, 0.15) is 75.3 Å². The Labute approximate surface area is 323 Å². The molecule has 6 heterocycles. The van der Waals surface area contributed by atoms with E-state index in [0.717, 1.165) is 77.9 Å². The molecule has 11 nitrogen and oxygen atoms in total. The first-order valence-electron chi connectivity index (χ1n) is 20.3. The smallest absolute Gasteiger partial charge is 0.322 e. The molecule has 9 rings (SSSR count). The molecule has 3 aromatic rings. The second kappa shape index (κ2) is 12.3. The average Bonchev–Trinajstić information content (AvgIpc) is 3.84. The highest BCUT2D eigenvalue weighted by Gasteiger charge is 2.78. The molecule has 0 radical (unpaired) electrons. The Bertz CT molecular complexity index is 2120. The number of hydrogen-bond donors (Lipinski definition) is 4. The van der Waals surface area contributed by atoms with Crippen LogP contribution in [-0.4, -0.2) is 115 Å². The minimum Gasteiger partial charge on any atom is -0.496 e. The summed E-state index contributed by atoms with van der Waals surface area (Å²) in [6.07, 6.45) is 7.06. The standard InChI is InChI=1S/C44H57N5O6/c1-7-40(3)22-26-23-43(39(52)55-6,34-28(14-18-48(24-26)25-40)27-12-9-10-13-31(27)46-34)30-20-29-32(21-33(30)54-5)47(4)36-42(29)16-19-49-17-11-15-41(8-2,35(42)49)37(50)44(36,53)38(45)51/h9-13,15,20-21,26,35-37,46,50,53H,7-8,14,16-19,22-25H2,1-6H3,(H2,45,51)/t26-,35-,36+,37+,40+,41+,42+,43?,44?/m0/s1. The number of benzene rings is 2. The van der Waals surface area contributed by atoms with Crippen molar-refractivity contribution < 1.29 is 29.3 Å². The van der Waals surface area contributed by atoms with Crippen molar-refractivity contribution in [3.63, 3.8) is 0 Å². The van der Waals surface area contributed by atoms with Crippen LogP contribution in [0.2, 0.25) is 0 Å². The van der Waals surface area contributed by atoms with Gasteiger partial charge in [0.2, 0.25) is 0 Å². The normalized spacial score (nSPS) is 39.0. The number of fused-ring (bicyclic) bond motifs is 6. The number of rotatable bonds is 6. The molecule has 2 saturated heterocycles. The molecule has 5 N–H and O–H groups in total. The van der Waals surface area contributed by atoms with Gasteiger partial charge in [0.15, 0.2) is 5.60 Å². The molecule has 1 amide bonds. The number of primary amides is 1. The largest absolute Gasteiger partial charge is 0.496 e. The Balaban J connectivity index is 1.36. The maximum atomic E-state index is 15.3. The van der Waals surface area contributed by atoms with Gasteiger partial charge >= 0.3 is 5.97 Å². The summed E-state index contributed by atoms with van der Waals surface area (Å²) in [4.78, 5) is 39.7. The maximum absolute atomic E-state index is 15.3. The number of nitrogens with zero attached hydrogens (tertiary/aromatic N) is 3. The molecule has 3 unspecified atom stereocenters. The van der Waals surface area contributed by atoms with Crippen molar-refractivity contribution in [2.45, 2.75) is 93.9 Å². The average molecular weight is 752 g/mol. The zero-order valence-electron chi connectivity index (χ0n) is 33.2. The highest BCUT2D eigenvalue weighted by molar-refractivity contribution is 5.95. The molecule has 1 aliphatic carbocycles. The molecule has 11 heteroatoms. The molecule has 1 spiro atoms. The SMILES string of the molecule is CC[C@]1(C)C[C@@H]2CN(CCc3c([nH]c4ccccc34)C(C(=O)OC)(c3cc4c(cc3OC)N(C)[C@H]3C(O)(C(N)=O)[C@H](O)[C@]5(CC)C=CCN6CC[C@]43[C@@H]65)C2)C1. The van der Waals surface area contributed by atoms with Crippen LogP contribution in [0, 0.1) is 16.7 Å². The van der Waals surface area contributed by atoms with E-state index in [-0.39, 0.29) is 23.3 Å². The summed E-state index contributed by atoms with van der Waals surface area (Å²) < 4.78 is 12.3. The van der Waals surface area contributed by atoms with Gasteiger partial charge in [0, 0.05) is 84.0 Å². The fourth-order valence-electron chi connectivity index (χ4n) is 13.3. The molecule has 55 heavy (non-hydrogen) atoms. The Morgan fingerprint density at radius 2 is 1.84 bits per heavy atom. The van der Waals surface area contributed by atoms with Crippen LogP contribution in [0.5, 0.6) is 5.75 Å². The van der Waals surface area contributed by atoms with Crippen LogP contribution in [0.25, 0.3) is 10.9 Å². The number of ether oxygens (including phenoxy) is 2. The number of aliphatic hydroxyl groups excluding tert-OH is 1. The summed E-state index contributed by atoms with van der Waals surface area (Å²) in [5.74, 6) is -0.583. The molecular formula is C44H57N5O6. The Hall–Kier alpha value is -3.90. The first-order valence-corrected chi connectivity index (χ1v) is 20.3. The van der Waals surface area contributed by atoms with Crippen molar-refractivity contribution in [2.75, 3.05) is 58.9 Å². The van der Waals surface area contributed by atoms with Gasteiger partial charge in [-0.05, 0) is 79.7 Å². The number of nitrogens with one attached hydrogen (secondary N) is 1. The number of aliphatic hydroxyl groups is 2. The lowest BCUT2D eigenvalue weighted by atomic mass is 9.47. The number of para-hydroxylation sites is 1. The molecule has 2 bridgehead atoms. The van der Waals surface area contributed by atoms with E-state index in [1.165, 1.54) is 7.11 Å². The second-order valence-electron chi connectivity index (χ2n) is 18.1. The van der Waals surface area contributed by atoms with Crippen LogP contribution in [0.3, 0.4) is 0 Å². The molecular weight excluding hydrogens is 695 g/mol. The number of methoxy groups -OCH3 is 2. The summed E-state index contributed by atoms with van der Waals surface area (Å²) >= 11 is 0. The van der Waals surface area contributed by atoms with Crippen molar-refractivity contribution in [1.82, 2.24) is 14.8 Å². The van der Waals surface area contributed by atoms with Crippen LogP contribution in [0.15, 0.2) is 48.6 Å². The fraction of sp³-hybridized carbons (Fsp3) is 0.591. The topological polar surface area (TPSA) is 145 Å². The molecule has 3 fully saturated rings. The number of nitrogens with two attached hydrogens (primary N) is 1. The summed E-state index contributed by atoms with van der Waals surface area (Å²) in [5.41, 5.74) is 6.34. The minimum absolute atomic E-state index is 0.0925. The third-order valence-electron chi connectivity index (χ3n) is 15.6. The van der Waals surface area contributed by atoms with Gasteiger partial charge in [-0.15, -0.1) is 0 Å². The van der Waals surface area contributed by atoms with Gasteiger partial charge in [-0.1, -0.05) is 51.1 Å². The number of aromatic nitrogens is 1. The number of piperidine rings is 1. The van der Waals surface area contributed by atoms with Crippen molar-refractivity contribution in [3.05, 3.63) is 70.9 Å². The number of anilines is 1. The third-order valence-corrected chi connectivity index (χ3v) is 15.6. The van der Waals surface area contributed by atoms with Gasteiger partial charge in [0.05, 0.1) is 20.3 Å². The summed E-state index contributed by atoms with van der Waals surface area (Å²) in [7, 11) is 5.01. The van der Waals surface area contributed by atoms with E-state index in [4.69, 9.17) is 15.2 Å². The number of aromatic amines is 1. The predicted octanol–water partition coefficient (Wildman–Crippen LogP) is 4.01. The van der Waals surface area contributed by atoms with Gasteiger partial charge in [0.25, 0.3) is 5.91 Å². The van der Waals surface area contributed by atoms with E-state index in [0.29, 0.717) is 38.1 Å². The first-order chi connectivity index (χ1) is 26.3. The van der Waals surface area contributed by atoms with Crippen molar-refractivity contribution in [3.8, 4) is 5.75 Å². The van der Waals surface area contributed by atoms with Gasteiger partial charge in [-0.3, -0.25) is 14.5 Å². The van der Waals surface area contributed by atoms with Gasteiger partial charge in [0.1, 0.15) is 17.3 Å². The van der Waals surface area contributed by atoms with Crippen LogP contribution >= 0.6 is 0 Å². The number of hydrogen-bond acceptors (Lipinski definition) is 9. The third kappa shape index (κ3) is 4.52. The number of carbonyl (C=O) groups is 2. The summed E-state index contributed by atoms with van der Waals surface area (Å²) in [6.45, 7) is 10.9. The molecule has 1 saturated carbocycles. The first kappa shape index (κ1) is 36.7. The zero-order chi connectivity index (χ0) is 38.9. The molecule has 6 aliphatic rings. The molecule has 294 valence electrons. The summed E-state index contributed by atoms with van der Waals surface area (Å²) in [6, 6.07) is 11.4. The maximum Gasteiger partial charge on any atom is 0.322 e. The number of likely N-dealkylation sites (N-methyl/N-ethyl adjacent to an activating group) is 1. The van der Waals surface area contributed by atoms with Gasteiger partial charge in [-0.25, -0.2) is 0 Å². The van der Waals surface area contributed by atoms with E-state index >= 15 is 4.79 Å². The van der Waals surface area contributed by atoms with Crippen LogP contribution in [-0.2, 0) is 31.6 Å². The van der Waals surface area contributed by atoms with Crippen LogP contribution in [0.4, 0.5) is 5.69 Å². The number of amides is 1. The van der Waals surface area contributed by atoms with E-state index in [1.807, 2.05) is 37.1 Å². The Kier molecular flexibility index (Phi) is 8.21. The molecule has 5 aliphatic heterocycles. The highest BCUT2D eigenvalue weighted by atomic mass is 16.5. The minimum atomic E-state index is -2.27. The lowest BCUT2D eigenvalue weighted by Crippen LogP contribution is -2.81. The molecule has 1 aromatic heterocycles. The molecule has 2 aromatic carbocycles. The fourth-order valence-corrected chi connectivity index (χ4v) is 13.3. The van der Waals surface area contributed by atoms with E-state index in [9.17, 15) is 15.0 Å². The van der Waals surface area contributed by atoms with Crippen LogP contribution < -0.4 is 15.4 Å². The summed E-state index contributed by atoms with van der Waals surface area (Å²) in [5, 5.41) is 26.2. The van der Waals surface area contributed by atoms with Crippen molar-refractivity contribution in [2.24, 2.45) is 22.5 Å².